The number of carbonyl (C=O) groups is 2. The second kappa shape index (κ2) is 9.25. The van der Waals surface area contributed by atoms with Crippen LogP contribution in [-0.2, 0) is 4.79 Å². The maximum absolute atomic E-state index is 13.0. The van der Waals surface area contributed by atoms with Gasteiger partial charge in [0.2, 0.25) is 0 Å². The number of thioether (sulfide) groups is 1. The summed E-state index contributed by atoms with van der Waals surface area (Å²) in [6.45, 7) is 8.59. The van der Waals surface area contributed by atoms with E-state index in [4.69, 9.17) is 0 Å². The van der Waals surface area contributed by atoms with Crippen LogP contribution in [0.2, 0.25) is 0 Å². The quantitative estimate of drug-likeness (QED) is 0.379. The fourth-order valence-electron chi connectivity index (χ4n) is 4.52. The van der Waals surface area contributed by atoms with Gasteiger partial charge in [0, 0.05) is 0 Å². The lowest BCUT2D eigenvalue weighted by Crippen LogP contribution is -2.30. The Morgan fingerprint density at radius 2 is 1.82 bits per heavy atom. The molecule has 180 valence electrons. The van der Waals surface area contributed by atoms with Crippen molar-refractivity contribution in [2.45, 2.75) is 59.4 Å². The zero-order valence-corrected chi connectivity index (χ0v) is 20.5. The first kappa shape index (κ1) is 24.0. The molecule has 1 aromatic heterocycles. The van der Waals surface area contributed by atoms with Gasteiger partial charge < -0.3 is 5.11 Å². The van der Waals surface area contributed by atoms with Crippen LogP contribution in [0.15, 0.2) is 38.1 Å². The number of aryl methyl sites for hydroxylation is 1. The number of aromatic nitrogens is 2. The molecule has 1 aromatic carbocycles. The molecule has 0 spiro atoms. The number of aromatic hydroxyl groups is 1. The van der Waals surface area contributed by atoms with Crippen molar-refractivity contribution in [2.75, 3.05) is 0 Å². The fraction of sp³-hybridized carbons (Fsp3) is 0.458. The van der Waals surface area contributed by atoms with Crippen molar-refractivity contribution < 1.29 is 14.7 Å². The standard InChI is InChI=1S/C24H29N5O4S/c1-13-20(22(32)29(28-13)16-8-6-15(7-9-16)24(2,3)4)27-26-17-10-5-14(11-18(17)30)12-19-21(31)25-23(33)34-19/h5,10-12,15-16,28,30H,6-9H2,1-4H3,(H,25,31,33)/b19-12-,27-26?. The van der Waals surface area contributed by atoms with E-state index in [1.54, 1.807) is 23.7 Å². The lowest BCUT2D eigenvalue weighted by molar-refractivity contribution is -0.115. The molecule has 4 rings (SSSR count). The topological polar surface area (TPSA) is 129 Å². The molecule has 2 heterocycles. The van der Waals surface area contributed by atoms with Crippen molar-refractivity contribution in [3.63, 3.8) is 0 Å². The Bertz CT molecular complexity index is 1240. The van der Waals surface area contributed by atoms with Crippen LogP contribution in [-0.4, -0.2) is 26.0 Å². The summed E-state index contributed by atoms with van der Waals surface area (Å²) in [5, 5.41) is 23.5. The summed E-state index contributed by atoms with van der Waals surface area (Å²) < 4.78 is 1.67. The van der Waals surface area contributed by atoms with Gasteiger partial charge in [-0.25, -0.2) is 4.68 Å². The van der Waals surface area contributed by atoms with E-state index < -0.39 is 11.1 Å². The number of imide groups is 1. The predicted molar refractivity (Wildman–Crippen MR) is 132 cm³/mol. The average Bonchev–Trinajstić information content (AvgIpc) is 3.23. The van der Waals surface area contributed by atoms with E-state index in [9.17, 15) is 19.5 Å². The molecule has 3 N–H and O–H groups in total. The lowest BCUT2D eigenvalue weighted by Gasteiger charge is -2.37. The number of H-pyrrole nitrogens is 1. The smallest absolute Gasteiger partial charge is 0.294 e. The molecule has 1 saturated heterocycles. The molecule has 0 unspecified atom stereocenters. The van der Waals surface area contributed by atoms with Crippen molar-refractivity contribution in [2.24, 2.45) is 21.6 Å². The zero-order valence-electron chi connectivity index (χ0n) is 19.7. The number of aromatic amines is 1. The Hall–Kier alpha value is -3.14. The molecule has 9 nitrogen and oxygen atoms in total. The van der Waals surface area contributed by atoms with Gasteiger partial charge in [0.25, 0.3) is 16.7 Å². The molecular formula is C24H29N5O4S. The minimum absolute atomic E-state index is 0.118. The van der Waals surface area contributed by atoms with Gasteiger partial charge in [0.05, 0.1) is 16.6 Å². The monoisotopic (exact) mass is 483 g/mol. The molecular weight excluding hydrogens is 454 g/mol. The molecule has 1 saturated carbocycles. The average molecular weight is 484 g/mol. The van der Waals surface area contributed by atoms with E-state index in [0.29, 0.717) is 17.2 Å². The summed E-state index contributed by atoms with van der Waals surface area (Å²) in [4.78, 5) is 36.2. The van der Waals surface area contributed by atoms with Crippen LogP contribution in [0.3, 0.4) is 0 Å². The molecule has 1 aliphatic heterocycles. The van der Waals surface area contributed by atoms with E-state index in [1.807, 2.05) is 0 Å². The summed E-state index contributed by atoms with van der Waals surface area (Å²) in [6.07, 6.45) is 5.56. The van der Waals surface area contributed by atoms with Crippen molar-refractivity contribution in [1.29, 1.82) is 0 Å². The first-order valence-corrected chi connectivity index (χ1v) is 12.2. The van der Waals surface area contributed by atoms with Crippen LogP contribution in [0.1, 0.15) is 63.8 Å². The van der Waals surface area contributed by atoms with Crippen molar-refractivity contribution in [3.05, 3.63) is 44.7 Å². The molecule has 2 amide bonds. The van der Waals surface area contributed by atoms with E-state index in [1.165, 1.54) is 12.1 Å². The highest BCUT2D eigenvalue weighted by Gasteiger charge is 2.31. The Morgan fingerprint density at radius 3 is 2.41 bits per heavy atom. The van der Waals surface area contributed by atoms with Crippen molar-refractivity contribution >= 4 is 40.4 Å². The number of benzene rings is 1. The number of nitrogens with one attached hydrogen (secondary N) is 2. The first-order valence-electron chi connectivity index (χ1n) is 11.3. The third-order valence-electron chi connectivity index (χ3n) is 6.55. The van der Waals surface area contributed by atoms with Gasteiger partial charge >= 0.3 is 0 Å². The summed E-state index contributed by atoms with van der Waals surface area (Å²) in [5.41, 5.74) is 1.64. The highest BCUT2D eigenvalue weighted by molar-refractivity contribution is 8.18. The number of carbonyl (C=O) groups excluding carboxylic acids is 2. The maximum Gasteiger partial charge on any atom is 0.294 e. The zero-order chi connectivity index (χ0) is 24.6. The highest BCUT2D eigenvalue weighted by Crippen LogP contribution is 2.41. The van der Waals surface area contributed by atoms with Crippen molar-refractivity contribution in [3.8, 4) is 5.75 Å². The summed E-state index contributed by atoms with van der Waals surface area (Å²) in [6, 6.07) is 4.73. The Kier molecular flexibility index (Phi) is 6.53. The van der Waals surface area contributed by atoms with Crippen molar-refractivity contribution in [1.82, 2.24) is 15.1 Å². The normalized spacial score (nSPS) is 22.6. The van der Waals surface area contributed by atoms with Gasteiger partial charge in [-0.05, 0) is 79.5 Å². The third kappa shape index (κ3) is 5.01. The largest absolute Gasteiger partial charge is 0.506 e. The molecule has 2 aliphatic rings. The van der Waals surface area contributed by atoms with Crippen LogP contribution in [0, 0.1) is 18.3 Å². The first-order chi connectivity index (χ1) is 16.0. The maximum atomic E-state index is 13.0. The summed E-state index contributed by atoms with van der Waals surface area (Å²) in [5.74, 6) is 0.0320. The van der Waals surface area contributed by atoms with Gasteiger partial charge in [-0.3, -0.25) is 24.8 Å². The van der Waals surface area contributed by atoms with Gasteiger partial charge in [0.15, 0.2) is 5.69 Å². The van der Waals surface area contributed by atoms with E-state index >= 15 is 0 Å². The van der Waals surface area contributed by atoms with Gasteiger partial charge in [-0.15, -0.1) is 10.2 Å². The molecule has 2 fully saturated rings. The molecule has 1 aliphatic carbocycles. The number of phenols is 1. The van der Waals surface area contributed by atoms with Gasteiger partial charge in [-0.1, -0.05) is 26.8 Å². The molecule has 10 heteroatoms. The highest BCUT2D eigenvalue weighted by atomic mass is 32.2. The van der Waals surface area contributed by atoms with Gasteiger partial charge in [-0.2, -0.15) is 0 Å². The summed E-state index contributed by atoms with van der Waals surface area (Å²) in [7, 11) is 0. The minimum atomic E-state index is -0.468. The number of hydrogen-bond acceptors (Lipinski definition) is 7. The van der Waals surface area contributed by atoms with Crippen LogP contribution in [0.5, 0.6) is 5.75 Å². The number of azo groups is 1. The fourth-order valence-corrected chi connectivity index (χ4v) is 5.21. The van der Waals surface area contributed by atoms with Crippen LogP contribution in [0.4, 0.5) is 16.2 Å². The summed E-state index contributed by atoms with van der Waals surface area (Å²) >= 11 is 0.802. The number of hydrogen-bond donors (Lipinski definition) is 3. The molecule has 0 radical (unpaired) electrons. The number of rotatable bonds is 4. The molecule has 0 atom stereocenters. The number of amides is 2. The van der Waals surface area contributed by atoms with E-state index in [-0.39, 0.29) is 39.0 Å². The SMILES string of the molecule is Cc1[nH]n(C2CCC(C(C)(C)C)CC2)c(=O)c1N=Nc1ccc(/C=C2\SC(=O)NC2=O)cc1O. The second-order valence-corrected chi connectivity index (χ2v) is 10.9. The Balaban J connectivity index is 1.50. The van der Waals surface area contributed by atoms with Crippen LogP contribution >= 0.6 is 11.8 Å². The predicted octanol–water partition coefficient (Wildman–Crippen LogP) is 5.71. The van der Waals surface area contributed by atoms with Gasteiger partial charge in [0.1, 0.15) is 11.4 Å². The van der Waals surface area contributed by atoms with Crippen LogP contribution < -0.4 is 10.9 Å². The number of phenolic OH excluding ortho intramolecular Hbond substituents is 1. The molecule has 2 aromatic rings. The Morgan fingerprint density at radius 1 is 1.12 bits per heavy atom. The lowest BCUT2D eigenvalue weighted by atomic mass is 9.71. The van der Waals surface area contributed by atoms with E-state index in [2.05, 4.69) is 41.4 Å². The van der Waals surface area contributed by atoms with E-state index in [0.717, 1.165) is 37.4 Å². The third-order valence-corrected chi connectivity index (χ3v) is 7.36. The number of nitrogens with zero attached hydrogens (tertiary/aromatic N) is 3. The molecule has 0 bridgehead atoms. The molecule has 34 heavy (non-hydrogen) atoms. The minimum Gasteiger partial charge on any atom is -0.506 e. The van der Waals surface area contributed by atoms with Crippen LogP contribution in [0.25, 0.3) is 6.08 Å². The Labute approximate surface area is 201 Å². The second-order valence-electron chi connectivity index (χ2n) is 9.93.